The van der Waals surface area contributed by atoms with Crippen LogP contribution in [0, 0.1) is 23.0 Å². The van der Waals surface area contributed by atoms with Crippen molar-refractivity contribution in [2.75, 3.05) is 5.32 Å². The fourth-order valence-corrected chi connectivity index (χ4v) is 3.24. The Kier molecular flexibility index (Phi) is 4.99. The maximum atomic E-state index is 11.2. The molecular weight excluding hydrogens is 252 g/mol. The Morgan fingerprint density at radius 2 is 2.00 bits per heavy atom. The number of hydrogen-bond donors (Lipinski definition) is 1. The van der Waals surface area contributed by atoms with Gasteiger partial charge in [0.15, 0.2) is 0 Å². The lowest BCUT2D eigenvalue weighted by Gasteiger charge is -2.29. The van der Waals surface area contributed by atoms with Gasteiger partial charge in [-0.05, 0) is 44.6 Å². The van der Waals surface area contributed by atoms with Crippen molar-refractivity contribution >= 4 is 11.4 Å². The van der Waals surface area contributed by atoms with Gasteiger partial charge in [0.1, 0.15) is 5.69 Å². The number of nitrogens with one attached hydrogen (secondary N) is 1. The maximum Gasteiger partial charge on any atom is 0.295 e. The first kappa shape index (κ1) is 14.8. The lowest BCUT2D eigenvalue weighted by atomic mass is 9.83. The topological polar surface area (TPSA) is 55.2 Å². The number of hydrogen-bond acceptors (Lipinski definition) is 3. The molecule has 1 aliphatic carbocycles. The van der Waals surface area contributed by atoms with E-state index in [-0.39, 0.29) is 10.6 Å². The fraction of sp³-hybridized carbons (Fsp3) is 0.625. The van der Waals surface area contributed by atoms with Crippen LogP contribution in [-0.2, 0) is 0 Å². The van der Waals surface area contributed by atoms with Crippen LogP contribution >= 0.6 is 0 Å². The number of nitrogens with zero attached hydrogens (tertiary/aromatic N) is 1. The SMILES string of the molecule is CCCC1CCC(Nc2cccc(C)c2[N+](=O)[O-])CC1. The zero-order chi connectivity index (χ0) is 14.5. The predicted molar refractivity (Wildman–Crippen MR) is 82.1 cm³/mol. The number of aryl methyl sites for hydroxylation is 1. The van der Waals surface area contributed by atoms with Gasteiger partial charge in [0.05, 0.1) is 4.92 Å². The minimum atomic E-state index is -0.277. The van der Waals surface area contributed by atoms with E-state index in [2.05, 4.69) is 12.2 Å². The van der Waals surface area contributed by atoms with E-state index < -0.39 is 0 Å². The molecule has 1 saturated carbocycles. The first-order chi connectivity index (χ1) is 9.61. The number of anilines is 1. The summed E-state index contributed by atoms with van der Waals surface area (Å²) in [5.41, 5.74) is 1.62. The van der Waals surface area contributed by atoms with Crippen LogP contribution in [0.1, 0.15) is 51.0 Å². The molecule has 0 bridgehead atoms. The zero-order valence-electron chi connectivity index (χ0n) is 12.4. The second-order valence-electron chi connectivity index (χ2n) is 5.88. The Labute approximate surface area is 120 Å². The van der Waals surface area contributed by atoms with E-state index in [1.807, 2.05) is 12.1 Å². The number of para-hydroxylation sites is 1. The van der Waals surface area contributed by atoms with Gasteiger partial charge in [0.25, 0.3) is 5.69 Å². The van der Waals surface area contributed by atoms with E-state index >= 15 is 0 Å². The Morgan fingerprint density at radius 1 is 1.30 bits per heavy atom. The molecule has 0 amide bonds. The lowest BCUT2D eigenvalue weighted by molar-refractivity contribution is -0.384. The lowest BCUT2D eigenvalue weighted by Crippen LogP contribution is -2.26. The number of benzene rings is 1. The quantitative estimate of drug-likeness (QED) is 0.628. The second-order valence-corrected chi connectivity index (χ2v) is 5.88. The van der Waals surface area contributed by atoms with E-state index in [0.29, 0.717) is 11.7 Å². The predicted octanol–water partition coefficient (Wildman–Crippen LogP) is 4.67. The highest BCUT2D eigenvalue weighted by atomic mass is 16.6. The van der Waals surface area contributed by atoms with Crippen molar-refractivity contribution in [2.45, 2.75) is 58.4 Å². The molecule has 110 valence electrons. The minimum Gasteiger partial charge on any atom is -0.377 e. The Morgan fingerprint density at radius 3 is 2.60 bits per heavy atom. The standard InChI is InChI=1S/C16H24N2O2/c1-3-5-13-8-10-14(11-9-13)17-15-7-4-6-12(2)16(15)18(19)20/h4,6-7,13-14,17H,3,5,8-11H2,1-2H3. The Bertz CT molecular complexity index is 466. The van der Waals surface area contributed by atoms with Crippen molar-refractivity contribution in [1.82, 2.24) is 0 Å². The summed E-state index contributed by atoms with van der Waals surface area (Å²) in [6.45, 7) is 4.03. The van der Waals surface area contributed by atoms with Gasteiger partial charge in [-0.3, -0.25) is 10.1 Å². The van der Waals surface area contributed by atoms with E-state index in [9.17, 15) is 10.1 Å². The van der Waals surface area contributed by atoms with Crippen molar-refractivity contribution in [1.29, 1.82) is 0 Å². The van der Waals surface area contributed by atoms with E-state index in [1.165, 1.54) is 25.7 Å². The molecule has 0 spiro atoms. The molecule has 1 aromatic rings. The fourth-order valence-electron chi connectivity index (χ4n) is 3.24. The van der Waals surface area contributed by atoms with Gasteiger partial charge >= 0.3 is 0 Å². The van der Waals surface area contributed by atoms with E-state index in [1.54, 1.807) is 13.0 Å². The molecular formula is C16H24N2O2. The average Bonchev–Trinajstić information content (AvgIpc) is 2.41. The largest absolute Gasteiger partial charge is 0.377 e. The van der Waals surface area contributed by atoms with Gasteiger partial charge in [0.2, 0.25) is 0 Å². The third-order valence-electron chi connectivity index (χ3n) is 4.32. The summed E-state index contributed by atoms with van der Waals surface area (Å²) in [6, 6.07) is 5.88. The number of nitro groups is 1. The molecule has 1 aliphatic rings. The monoisotopic (exact) mass is 276 g/mol. The molecule has 0 radical (unpaired) electrons. The molecule has 0 atom stereocenters. The second kappa shape index (κ2) is 6.73. The molecule has 0 heterocycles. The van der Waals surface area contributed by atoms with Gasteiger partial charge in [0, 0.05) is 11.6 Å². The molecule has 0 unspecified atom stereocenters. The van der Waals surface area contributed by atoms with Crippen LogP contribution in [0.15, 0.2) is 18.2 Å². The molecule has 20 heavy (non-hydrogen) atoms. The summed E-state index contributed by atoms with van der Waals surface area (Å²) >= 11 is 0. The third-order valence-corrected chi connectivity index (χ3v) is 4.32. The molecule has 4 nitrogen and oxygen atoms in total. The molecule has 0 aliphatic heterocycles. The van der Waals surface area contributed by atoms with Crippen LogP contribution in [0.4, 0.5) is 11.4 Å². The summed E-state index contributed by atoms with van der Waals surface area (Å²) in [5.74, 6) is 0.852. The van der Waals surface area contributed by atoms with Gasteiger partial charge in [-0.2, -0.15) is 0 Å². The van der Waals surface area contributed by atoms with Crippen LogP contribution in [0.25, 0.3) is 0 Å². The molecule has 1 fully saturated rings. The molecule has 1 N–H and O–H groups in total. The smallest absolute Gasteiger partial charge is 0.295 e. The van der Waals surface area contributed by atoms with Crippen LogP contribution in [0.2, 0.25) is 0 Å². The minimum absolute atomic E-state index is 0.225. The van der Waals surface area contributed by atoms with Crippen LogP contribution < -0.4 is 5.32 Å². The summed E-state index contributed by atoms with van der Waals surface area (Å²) in [5, 5.41) is 14.6. The Balaban J connectivity index is 2.01. The third kappa shape index (κ3) is 3.50. The van der Waals surface area contributed by atoms with Gasteiger partial charge < -0.3 is 5.32 Å². The highest BCUT2D eigenvalue weighted by Gasteiger charge is 2.23. The van der Waals surface area contributed by atoms with Crippen molar-refractivity contribution in [3.63, 3.8) is 0 Å². The van der Waals surface area contributed by atoms with Crippen molar-refractivity contribution in [3.8, 4) is 0 Å². The maximum absolute atomic E-state index is 11.2. The van der Waals surface area contributed by atoms with Crippen molar-refractivity contribution in [2.24, 2.45) is 5.92 Å². The molecule has 1 aromatic carbocycles. The van der Waals surface area contributed by atoms with Gasteiger partial charge in [-0.25, -0.2) is 0 Å². The van der Waals surface area contributed by atoms with E-state index in [4.69, 9.17) is 0 Å². The summed E-state index contributed by atoms with van der Waals surface area (Å²) < 4.78 is 0. The van der Waals surface area contributed by atoms with Crippen LogP contribution in [0.5, 0.6) is 0 Å². The van der Waals surface area contributed by atoms with Crippen molar-refractivity contribution in [3.05, 3.63) is 33.9 Å². The first-order valence-corrected chi connectivity index (χ1v) is 7.62. The summed E-state index contributed by atoms with van der Waals surface area (Å²) in [7, 11) is 0. The molecule has 0 aromatic heterocycles. The molecule has 4 heteroatoms. The molecule has 2 rings (SSSR count). The summed E-state index contributed by atoms with van der Waals surface area (Å²) in [6.07, 6.45) is 7.30. The van der Waals surface area contributed by atoms with Gasteiger partial charge in [-0.15, -0.1) is 0 Å². The number of rotatable bonds is 5. The first-order valence-electron chi connectivity index (χ1n) is 7.62. The highest BCUT2D eigenvalue weighted by molar-refractivity contribution is 5.65. The van der Waals surface area contributed by atoms with Crippen molar-refractivity contribution < 1.29 is 4.92 Å². The highest BCUT2D eigenvalue weighted by Crippen LogP contribution is 2.33. The Hall–Kier alpha value is -1.58. The normalized spacial score (nSPS) is 22.5. The average molecular weight is 276 g/mol. The molecule has 0 saturated heterocycles. The summed E-state index contributed by atoms with van der Waals surface area (Å²) in [4.78, 5) is 10.9. The van der Waals surface area contributed by atoms with Crippen LogP contribution in [0.3, 0.4) is 0 Å². The van der Waals surface area contributed by atoms with E-state index in [0.717, 1.165) is 24.3 Å². The number of nitro benzene ring substituents is 1. The van der Waals surface area contributed by atoms with Gasteiger partial charge in [-0.1, -0.05) is 31.9 Å². The van der Waals surface area contributed by atoms with Crippen LogP contribution in [-0.4, -0.2) is 11.0 Å². The zero-order valence-corrected chi connectivity index (χ0v) is 12.4.